The third-order valence-corrected chi connectivity index (χ3v) is 3.13. The maximum atomic E-state index is 11.4. The third kappa shape index (κ3) is 2.56. The van der Waals surface area contributed by atoms with Gasteiger partial charge in [0, 0.05) is 18.9 Å². The van der Waals surface area contributed by atoms with E-state index in [0.29, 0.717) is 11.4 Å². The number of benzene rings is 1. The molecule has 104 valence electrons. The number of rotatable bonds is 4. The van der Waals surface area contributed by atoms with Crippen molar-refractivity contribution < 1.29 is 14.6 Å². The van der Waals surface area contributed by atoms with Crippen molar-refractivity contribution >= 4 is 17.5 Å². The van der Waals surface area contributed by atoms with Crippen molar-refractivity contribution in [3.8, 4) is 5.75 Å². The number of hydrogen-bond donors (Lipinski definition) is 1. The lowest BCUT2D eigenvalue weighted by Crippen LogP contribution is -2.16. The Hall–Kier alpha value is -2.56. The Balaban J connectivity index is 2.44. The summed E-state index contributed by atoms with van der Waals surface area (Å²) in [6, 6.07) is 9.04. The van der Waals surface area contributed by atoms with Gasteiger partial charge in [-0.25, -0.2) is 9.78 Å². The number of ether oxygens (including phenoxy) is 1. The van der Waals surface area contributed by atoms with E-state index in [2.05, 4.69) is 4.98 Å². The Bertz CT molecular complexity index is 624. The Labute approximate surface area is 117 Å². The van der Waals surface area contributed by atoms with Gasteiger partial charge in [-0.3, -0.25) is 0 Å². The van der Waals surface area contributed by atoms with Crippen LogP contribution in [-0.2, 0) is 0 Å². The van der Waals surface area contributed by atoms with Gasteiger partial charge in [0.1, 0.15) is 17.1 Å². The highest BCUT2D eigenvalue weighted by atomic mass is 16.5. The van der Waals surface area contributed by atoms with Crippen LogP contribution >= 0.6 is 0 Å². The maximum absolute atomic E-state index is 11.4. The second kappa shape index (κ2) is 5.61. The fourth-order valence-corrected chi connectivity index (χ4v) is 1.99. The summed E-state index contributed by atoms with van der Waals surface area (Å²) < 4.78 is 5.11. The normalized spacial score (nSPS) is 10.2. The zero-order valence-corrected chi connectivity index (χ0v) is 11.6. The molecular weight excluding hydrogens is 256 g/mol. The molecule has 1 N–H and O–H groups in total. The molecule has 5 heteroatoms. The summed E-state index contributed by atoms with van der Waals surface area (Å²) in [5.74, 6) is 0.187. The van der Waals surface area contributed by atoms with E-state index < -0.39 is 5.97 Å². The monoisotopic (exact) mass is 272 g/mol. The van der Waals surface area contributed by atoms with E-state index in [1.165, 1.54) is 0 Å². The summed E-state index contributed by atoms with van der Waals surface area (Å²) in [5, 5.41) is 9.34. The highest BCUT2D eigenvalue weighted by Crippen LogP contribution is 2.28. The first-order chi connectivity index (χ1) is 9.54. The number of carbonyl (C=O) groups is 1. The molecule has 0 aliphatic heterocycles. The second-order valence-electron chi connectivity index (χ2n) is 4.39. The van der Waals surface area contributed by atoms with Crippen LogP contribution < -0.4 is 9.64 Å². The zero-order chi connectivity index (χ0) is 14.7. The fourth-order valence-electron chi connectivity index (χ4n) is 1.99. The fraction of sp³-hybridized carbons (Fsp3) is 0.200. The van der Waals surface area contributed by atoms with Crippen molar-refractivity contribution in [2.45, 2.75) is 6.92 Å². The number of carboxylic acid groups (broad SMARTS) is 1. The van der Waals surface area contributed by atoms with Crippen LogP contribution in [-0.4, -0.2) is 30.2 Å². The first kappa shape index (κ1) is 13.9. The van der Waals surface area contributed by atoms with Crippen LogP contribution in [0.15, 0.2) is 36.5 Å². The smallest absolute Gasteiger partial charge is 0.339 e. The molecule has 0 aliphatic rings. The highest BCUT2D eigenvalue weighted by molar-refractivity contribution is 5.95. The summed E-state index contributed by atoms with van der Waals surface area (Å²) in [4.78, 5) is 17.3. The Morgan fingerprint density at radius 2 is 1.90 bits per heavy atom. The van der Waals surface area contributed by atoms with Gasteiger partial charge in [0.05, 0.1) is 7.11 Å². The van der Waals surface area contributed by atoms with Crippen molar-refractivity contribution in [1.29, 1.82) is 0 Å². The largest absolute Gasteiger partial charge is 0.497 e. The number of pyridine rings is 1. The molecule has 0 unspecified atom stereocenters. The minimum absolute atomic E-state index is 0.214. The van der Waals surface area contributed by atoms with E-state index in [9.17, 15) is 9.90 Å². The van der Waals surface area contributed by atoms with Gasteiger partial charge in [0.15, 0.2) is 0 Å². The van der Waals surface area contributed by atoms with Crippen molar-refractivity contribution in [1.82, 2.24) is 4.98 Å². The van der Waals surface area contributed by atoms with E-state index >= 15 is 0 Å². The number of aromatic nitrogens is 1. The quantitative estimate of drug-likeness (QED) is 0.927. The van der Waals surface area contributed by atoms with Crippen LogP contribution in [0, 0.1) is 6.92 Å². The molecule has 1 aromatic heterocycles. The number of carboxylic acids is 1. The molecule has 0 saturated carbocycles. The molecule has 2 aromatic rings. The molecule has 1 heterocycles. The lowest BCUT2D eigenvalue weighted by molar-refractivity contribution is 0.0696. The third-order valence-electron chi connectivity index (χ3n) is 3.13. The van der Waals surface area contributed by atoms with E-state index in [1.807, 2.05) is 24.3 Å². The first-order valence-corrected chi connectivity index (χ1v) is 6.11. The Morgan fingerprint density at radius 3 is 2.45 bits per heavy atom. The van der Waals surface area contributed by atoms with Gasteiger partial charge in [0.2, 0.25) is 0 Å². The molecule has 5 nitrogen and oxygen atoms in total. The van der Waals surface area contributed by atoms with Gasteiger partial charge in [0.25, 0.3) is 0 Å². The van der Waals surface area contributed by atoms with Crippen LogP contribution in [0.4, 0.5) is 11.5 Å². The van der Waals surface area contributed by atoms with Crippen molar-refractivity contribution in [2.75, 3.05) is 19.1 Å². The molecule has 0 saturated heterocycles. The molecular formula is C15H16N2O3. The topological polar surface area (TPSA) is 62.7 Å². The molecule has 0 spiro atoms. The predicted molar refractivity (Wildman–Crippen MR) is 77.0 cm³/mol. The van der Waals surface area contributed by atoms with Crippen LogP contribution in [0.25, 0.3) is 0 Å². The van der Waals surface area contributed by atoms with Crippen LogP contribution in [0.1, 0.15) is 15.9 Å². The number of methoxy groups -OCH3 is 1. The Morgan fingerprint density at radius 1 is 1.25 bits per heavy atom. The molecule has 0 atom stereocenters. The van der Waals surface area contributed by atoms with E-state index in [0.717, 1.165) is 11.4 Å². The molecule has 0 aliphatic carbocycles. The molecule has 1 aromatic carbocycles. The molecule has 0 amide bonds. The van der Waals surface area contributed by atoms with Gasteiger partial charge in [-0.05, 0) is 42.8 Å². The van der Waals surface area contributed by atoms with Crippen LogP contribution in [0.2, 0.25) is 0 Å². The summed E-state index contributed by atoms with van der Waals surface area (Å²) in [7, 11) is 3.39. The minimum Gasteiger partial charge on any atom is -0.497 e. The van der Waals surface area contributed by atoms with Gasteiger partial charge >= 0.3 is 5.97 Å². The molecule has 20 heavy (non-hydrogen) atoms. The number of anilines is 2. The number of hydrogen-bond acceptors (Lipinski definition) is 4. The lowest BCUT2D eigenvalue weighted by atomic mass is 10.1. The predicted octanol–water partition coefficient (Wildman–Crippen LogP) is 2.86. The summed E-state index contributed by atoms with van der Waals surface area (Å²) in [6.45, 7) is 1.76. The standard InChI is InChI=1S/C15H16N2O3/c1-10-8-9-16-14(13(10)15(18)19)17(2)11-4-6-12(20-3)7-5-11/h4-9H,1-3H3,(H,18,19). The van der Waals surface area contributed by atoms with E-state index in [1.54, 1.807) is 38.2 Å². The summed E-state index contributed by atoms with van der Waals surface area (Å²) in [6.07, 6.45) is 1.61. The Kier molecular flexibility index (Phi) is 3.89. The maximum Gasteiger partial charge on any atom is 0.339 e. The van der Waals surface area contributed by atoms with Gasteiger partial charge in [-0.15, -0.1) is 0 Å². The van der Waals surface area contributed by atoms with Gasteiger partial charge < -0.3 is 14.7 Å². The number of aromatic carboxylic acids is 1. The van der Waals surface area contributed by atoms with Crippen LogP contribution in [0.3, 0.4) is 0 Å². The number of nitrogens with zero attached hydrogens (tertiary/aromatic N) is 2. The average molecular weight is 272 g/mol. The molecule has 0 bridgehead atoms. The van der Waals surface area contributed by atoms with E-state index in [-0.39, 0.29) is 5.56 Å². The van der Waals surface area contributed by atoms with E-state index in [4.69, 9.17) is 4.74 Å². The molecule has 0 radical (unpaired) electrons. The lowest BCUT2D eigenvalue weighted by Gasteiger charge is -2.21. The number of aryl methyl sites for hydroxylation is 1. The van der Waals surface area contributed by atoms with Crippen molar-refractivity contribution in [2.24, 2.45) is 0 Å². The average Bonchev–Trinajstić information content (AvgIpc) is 2.46. The van der Waals surface area contributed by atoms with Crippen LogP contribution in [0.5, 0.6) is 5.75 Å². The van der Waals surface area contributed by atoms with Gasteiger partial charge in [-0.2, -0.15) is 0 Å². The van der Waals surface area contributed by atoms with Crippen molar-refractivity contribution in [3.63, 3.8) is 0 Å². The summed E-state index contributed by atoms with van der Waals surface area (Å²) in [5.41, 5.74) is 1.74. The highest BCUT2D eigenvalue weighted by Gasteiger charge is 2.18. The first-order valence-electron chi connectivity index (χ1n) is 6.11. The van der Waals surface area contributed by atoms with Crippen molar-refractivity contribution in [3.05, 3.63) is 47.7 Å². The van der Waals surface area contributed by atoms with Gasteiger partial charge in [-0.1, -0.05) is 0 Å². The molecule has 2 rings (SSSR count). The second-order valence-corrected chi connectivity index (χ2v) is 4.39. The summed E-state index contributed by atoms with van der Waals surface area (Å²) >= 11 is 0. The minimum atomic E-state index is -0.981. The zero-order valence-electron chi connectivity index (χ0n) is 11.6. The molecule has 0 fully saturated rings. The SMILES string of the molecule is COc1ccc(N(C)c2nccc(C)c2C(=O)O)cc1.